The molecule has 25 heavy (non-hydrogen) atoms. The first-order valence-electron chi connectivity index (χ1n) is 8.47. The van der Waals surface area contributed by atoms with Crippen LogP contribution in [-0.4, -0.2) is 19.6 Å². The summed E-state index contributed by atoms with van der Waals surface area (Å²) in [6.07, 6.45) is 0. The Balaban J connectivity index is 2.03. The van der Waals surface area contributed by atoms with Crippen LogP contribution in [0.2, 0.25) is 0 Å². The maximum Gasteiger partial charge on any atom is 0.191 e. The van der Waals surface area contributed by atoms with Crippen LogP contribution in [0.4, 0.5) is 4.39 Å². The van der Waals surface area contributed by atoms with E-state index < -0.39 is 0 Å². The molecule has 0 radical (unpaired) electrons. The van der Waals surface area contributed by atoms with Gasteiger partial charge >= 0.3 is 0 Å². The number of aryl methyl sites for hydroxylation is 1. The van der Waals surface area contributed by atoms with E-state index in [1.54, 1.807) is 20.1 Å². The maximum absolute atomic E-state index is 13.6. The average Bonchev–Trinajstić information content (AvgIpc) is 2.61. The summed E-state index contributed by atoms with van der Waals surface area (Å²) in [5.41, 5.74) is 3.80. The zero-order valence-electron chi connectivity index (χ0n) is 15.1. The minimum absolute atomic E-state index is 0.195. The van der Waals surface area contributed by atoms with Crippen LogP contribution in [0.3, 0.4) is 0 Å². The monoisotopic (exact) mass is 343 g/mol. The summed E-state index contributed by atoms with van der Waals surface area (Å²) in [5.74, 6) is 0.509. The molecule has 5 heteroatoms. The number of ether oxygens (including phenoxy) is 1. The van der Waals surface area contributed by atoms with E-state index in [1.165, 1.54) is 6.07 Å². The lowest BCUT2D eigenvalue weighted by atomic mass is 10.1. The molecule has 0 aromatic heterocycles. The number of hydrogen-bond donors (Lipinski definition) is 2. The molecule has 0 aliphatic rings. The quantitative estimate of drug-likeness (QED) is 0.597. The van der Waals surface area contributed by atoms with Crippen molar-refractivity contribution in [2.75, 3.05) is 13.7 Å². The summed E-state index contributed by atoms with van der Waals surface area (Å²) in [7, 11) is 1.69. The lowest BCUT2D eigenvalue weighted by Crippen LogP contribution is -2.37. The third-order valence-electron chi connectivity index (χ3n) is 3.86. The van der Waals surface area contributed by atoms with Gasteiger partial charge in [-0.25, -0.2) is 9.38 Å². The molecule has 2 rings (SSSR count). The summed E-state index contributed by atoms with van der Waals surface area (Å²) >= 11 is 0. The normalized spacial score (nSPS) is 11.4. The van der Waals surface area contributed by atoms with Gasteiger partial charge in [-0.15, -0.1) is 0 Å². The van der Waals surface area contributed by atoms with E-state index in [1.807, 2.05) is 25.1 Å². The van der Waals surface area contributed by atoms with E-state index in [0.29, 0.717) is 31.2 Å². The minimum Gasteiger partial charge on any atom is -0.380 e. The van der Waals surface area contributed by atoms with Crippen LogP contribution in [-0.2, 0) is 24.4 Å². The number of nitrogens with one attached hydrogen (secondary N) is 2. The summed E-state index contributed by atoms with van der Waals surface area (Å²) in [6, 6.07) is 13.4. The first-order chi connectivity index (χ1) is 12.1. The zero-order chi connectivity index (χ0) is 18.1. The van der Waals surface area contributed by atoms with E-state index in [-0.39, 0.29) is 5.82 Å². The van der Waals surface area contributed by atoms with Crippen LogP contribution in [0.25, 0.3) is 0 Å². The van der Waals surface area contributed by atoms with Gasteiger partial charge in [0.1, 0.15) is 5.82 Å². The zero-order valence-corrected chi connectivity index (χ0v) is 15.1. The molecular weight excluding hydrogens is 317 g/mol. The molecule has 134 valence electrons. The van der Waals surface area contributed by atoms with Gasteiger partial charge in [0.25, 0.3) is 0 Å². The Bertz CT molecular complexity index is 716. The third-order valence-corrected chi connectivity index (χ3v) is 3.86. The second-order valence-corrected chi connectivity index (χ2v) is 5.83. The fraction of sp³-hybridized carbons (Fsp3) is 0.350. The maximum atomic E-state index is 13.6. The highest BCUT2D eigenvalue weighted by Gasteiger charge is 2.04. The van der Waals surface area contributed by atoms with E-state index in [4.69, 9.17) is 4.74 Å². The molecule has 2 aromatic rings. The topological polar surface area (TPSA) is 45.7 Å². The molecule has 0 aliphatic heterocycles. The van der Waals surface area contributed by atoms with Crippen LogP contribution in [0.5, 0.6) is 0 Å². The predicted octanol–water partition coefficient (Wildman–Crippen LogP) is 3.54. The van der Waals surface area contributed by atoms with E-state index in [0.717, 1.165) is 23.2 Å². The van der Waals surface area contributed by atoms with E-state index in [2.05, 4.69) is 27.8 Å². The van der Waals surface area contributed by atoms with Crippen LogP contribution in [0.15, 0.2) is 47.5 Å². The highest BCUT2D eigenvalue weighted by Crippen LogP contribution is 2.11. The molecule has 0 saturated heterocycles. The summed E-state index contributed by atoms with van der Waals surface area (Å²) in [5, 5.41) is 6.54. The molecule has 0 bridgehead atoms. The van der Waals surface area contributed by atoms with Gasteiger partial charge in [0, 0.05) is 20.2 Å². The molecule has 0 atom stereocenters. The smallest absolute Gasteiger partial charge is 0.191 e. The number of nitrogens with zero attached hydrogens (tertiary/aromatic N) is 1. The first-order valence-corrected chi connectivity index (χ1v) is 8.47. The molecule has 0 heterocycles. The van der Waals surface area contributed by atoms with Crippen molar-refractivity contribution < 1.29 is 9.13 Å². The van der Waals surface area contributed by atoms with Crippen LogP contribution in [0, 0.1) is 12.7 Å². The van der Waals surface area contributed by atoms with Crippen LogP contribution in [0.1, 0.15) is 29.2 Å². The largest absolute Gasteiger partial charge is 0.380 e. The standard InChI is InChI=1S/C20H26FN3O/c1-4-22-20(23-12-16-10-9-15(2)19(21)11-16)24-13-17-7-5-6-8-18(17)14-25-3/h5-11H,4,12-14H2,1-3H3,(H2,22,23,24). The average molecular weight is 343 g/mol. The van der Waals surface area contributed by atoms with Crippen molar-refractivity contribution in [3.63, 3.8) is 0 Å². The minimum atomic E-state index is -0.195. The molecule has 0 aliphatic carbocycles. The highest BCUT2D eigenvalue weighted by atomic mass is 19.1. The molecule has 0 amide bonds. The number of aliphatic imine (C=N–C) groups is 1. The van der Waals surface area contributed by atoms with E-state index >= 15 is 0 Å². The van der Waals surface area contributed by atoms with E-state index in [9.17, 15) is 4.39 Å². The van der Waals surface area contributed by atoms with Gasteiger partial charge in [0.2, 0.25) is 0 Å². The van der Waals surface area contributed by atoms with Crippen LogP contribution < -0.4 is 10.6 Å². The van der Waals surface area contributed by atoms with Gasteiger partial charge < -0.3 is 15.4 Å². The Hall–Kier alpha value is -2.40. The van der Waals surface area contributed by atoms with Crippen molar-refractivity contribution in [2.24, 2.45) is 4.99 Å². The fourth-order valence-electron chi connectivity index (χ4n) is 2.45. The lowest BCUT2D eigenvalue weighted by Gasteiger charge is -2.14. The summed E-state index contributed by atoms with van der Waals surface area (Å²) < 4.78 is 18.9. The predicted molar refractivity (Wildman–Crippen MR) is 99.9 cm³/mol. The van der Waals surface area contributed by atoms with Crippen molar-refractivity contribution in [1.82, 2.24) is 10.6 Å². The van der Waals surface area contributed by atoms with Crippen LogP contribution >= 0.6 is 0 Å². The Morgan fingerprint density at radius 3 is 2.56 bits per heavy atom. The number of hydrogen-bond acceptors (Lipinski definition) is 2. The lowest BCUT2D eigenvalue weighted by molar-refractivity contribution is 0.184. The Labute approximate surface area is 149 Å². The molecular formula is C20H26FN3O. The fourth-order valence-corrected chi connectivity index (χ4v) is 2.45. The van der Waals surface area contributed by atoms with Gasteiger partial charge in [-0.05, 0) is 42.2 Å². The second-order valence-electron chi connectivity index (χ2n) is 5.83. The molecule has 4 nitrogen and oxygen atoms in total. The van der Waals surface area contributed by atoms with Crippen molar-refractivity contribution in [2.45, 2.75) is 33.5 Å². The molecule has 2 N–H and O–H groups in total. The first kappa shape index (κ1) is 18.9. The highest BCUT2D eigenvalue weighted by molar-refractivity contribution is 5.79. The number of halogens is 1. The van der Waals surface area contributed by atoms with Crippen molar-refractivity contribution >= 4 is 5.96 Å². The molecule has 0 saturated carbocycles. The molecule has 2 aromatic carbocycles. The van der Waals surface area contributed by atoms with Gasteiger partial charge in [0.05, 0.1) is 13.2 Å². The van der Waals surface area contributed by atoms with Crippen molar-refractivity contribution in [1.29, 1.82) is 0 Å². The SMILES string of the molecule is CCNC(=NCc1ccc(C)c(F)c1)NCc1ccccc1COC. The number of guanidine groups is 1. The van der Waals surface area contributed by atoms with Gasteiger partial charge in [-0.2, -0.15) is 0 Å². The number of methoxy groups -OCH3 is 1. The second kappa shape index (κ2) is 9.79. The number of rotatable bonds is 7. The molecule has 0 spiro atoms. The van der Waals surface area contributed by atoms with Crippen molar-refractivity contribution in [3.05, 3.63) is 70.5 Å². The van der Waals surface area contributed by atoms with Gasteiger partial charge in [-0.3, -0.25) is 0 Å². The molecule has 0 fully saturated rings. The third kappa shape index (κ3) is 5.87. The van der Waals surface area contributed by atoms with Gasteiger partial charge in [0.15, 0.2) is 5.96 Å². The Kier molecular flexibility index (Phi) is 7.41. The van der Waals surface area contributed by atoms with Gasteiger partial charge in [-0.1, -0.05) is 36.4 Å². The van der Waals surface area contributed by atoms with Crippen molar-refractivity contribution in [3.8, 4) is 0 Å². The molecule has 0 unspecified atom stereocenters. The summed E-state index contributed by atoms with van der Waals surface area (Å²) in [6.45, 7) is 6.18. The number of benzene rings is 2. The Morgan fingerprint density at radius 2 is 1.88 bits per heavy atom. The Morgan fingerprint density at radius 1 is 1.12 bits per heavy atom. The summed E-state index contributed by atoms with van der Waals surface area (Å²) in [4.78, 5) is 4.54.